The van der Waals surface area contributed by atoms with Gasteiger partial charge in [0.15, 0.2) is 9.84 Å². The summed E-state index contributed by atoms with van der Waals surface area (Å²) in [7, 11) is -1.96. The second-order valence-corrected chi connectivity index (χ2v) is 8.46. The molecule has 3 rings (SSSR count). The van der Waals surface area contributed by atoms with E-state index in [0.717, 1.165) is 12.8 Å². The van der Waals surface area contributed by atoms with E-state index in [1.807, 2.05) is 13.8 Å². The van der Waals surface area contributed by atoms with Gasteiger partial charge in [0.1, 0.15) is 10.9 Å². The van der Waals surface area contributed by atoms with Crippen molar-refractivity contribution in [2.45, 2.75) is 62.1 Å². The minimum absolute atomic E-state index is 0.195. The molecule has 1 aromatic rings. The molecule has 1 aromatic heterocycles. The molecule has 1 aliphatic heterocycles. The number of aromatic nitrogens is 2. The lowest BCUT2D eigenvalue weighted by Gasteiger charge is -2.25. The van der Waals surface area contributed by atoms with Crippen molar-refractivity contribution in [3.05, 3.63) is 12.4 Å². The van der Waals surface area contributed by atoms with Gasteiger partial charge in [-0.1, -0.05) is 13.8 Å². The summed E-state index contributed by atoms with van der Waals surface area (Å²) < 4.78 is 36.2. The molecular weight excluding hydrogens is 344 g/mol. The third-order valence-electron chi connectivity index (χ3n) is 4.56. The van der Waals surface area contributed by atoms with Gasteiger partial charge in [-0.25, -0.2) is 13.2 Å². The van der Waals surface area contributed by atoms with Crippen molar-refractivity contribution in [3.8, 4) is 0 Å². The fraction of sp³-hybridized carbons (Fsp3) is 0.765. The van der Waals surface area contributed by atoms with E-state index < -0.39 is 21.8 Å². The molecule has 0 N–H and O–H groups in total. The molecule has 2 heterocycles. The first-order chi connectivity index (χ1) is 12.0. The first-order valence-electron chi connectivity index (χ1n) is 8.96. The van der Waals surface area contributed by atoms with Crippen molar-refractivity contribution < 1.29 is 22.7 Å². The molecule has 1 atom stereocenters. The standard InChI is InChI=1S/C15H22N2O5S.C2H6/c1-21-15(18)14(8-11-4-6-22-7-5-11)17-10-13(9-16-17)23(19,20)12-2-3-12;1-2/h9-12,14H,2-8H2,1H3;1-2H3. The number of ether oxygens (including phenoxy) is 2. The van der Waals surface area contributed by atoms with E-state index in [4.69, 9.17) is 9.47 Å². The monoisotopic (exact) mass is 372 g/mol. The summed E-state index contributed by atoms with van der Waals surface area (Å²) in [5, 5.41) is 3.85. The van der Waals surface area contributed by atoms with E-state index in [0.29, 0.717) is 38.4 Å². The van der Waals surface area contributed by atoms with Crippen LogP contribution in [0.15, 0.2) is 17.3 Å². The van der Waals surface area contributed by atoms with Crippen LogP contribution in [0.4, 0.5) is 0 Å². The van der Waals surface area contributed by atoms with Gasteiger partial charge in [0.2, 0.25) is 0 Å². The highest BCUT2D eigenvalue weighted by Crippen LogP contribution is 2.34. The van der Waals surface area contributed by atoms with Crippen LogP contribution >= 0.6 is 0 Å². The Morgan fingerprint density at radius 1 is 1.32 bits per heavy atom. The van der Waals surface area contributed by atoms with Crippen molar-refractivity contribution in [2.75, 3.05) is 20.3 Å². The highest BCUT2D eigenvalue weighted by molar-refractivity contribution is 7.92. The molecule has 0 radical (unpaired) electrons. The summed E-state index contributed by atoms with van der Waals surface area (Å²) in [4.78, 5) is 12.3. The van der Waals surface area contributed by atoms with Crippen molar-refractivity contribution in [3.63, 3.8) is 0 Å². The Balaban J connectivity index is 0.00000109. The Kier molecular flexibility index (Phi) is 7.01. The molecule has 7 nitrogen and oxygen atoms in total. The van der Waals surface area contributed by atoms with Crippen LogP contribution in [0.25, 0.3) is 0 Å². The second kappa shape index (κ2) is 8.80. The zero-order valence-electron chi connectivity index (χ0n) is 15.2. The number of hydrogen-bond donors (Lipinski definition) is 0. The number of carbonyl (C=O) groups excluding carboxylic acids is 1. The molecule has 1 saturated carbocycles. The van der Waals surface area contributed by atoms with Gasteiger partial charge in [-0.2, -0.15) is 5.10 Å². The van der Waals surface area contributed by atoms with E-state index >= 15 is 0 Å². The van der Waals surface area contributed by atoms with E-state index in [-0.39, 0.29) is 10.1 Å². The van der Waals surface area contributed by atoms with E-state index in [1.54, 1.807) is 0 Å². The SMILES string of the molecule is CC.COC(=O)C(CC1CCOCC1)n1cc(S(=O)(=O)C2CC2)cn1. The number of methoxy groups -OCH3 is 1. The van der Waals surface area contributed by atoms with Crippen molar-refractivity contribution in [2.24, 2.45) is 5.92 Å². The smallest absolute Gasteiger partial charge is 0.330 e. The average molecular weight is 372 g/mol. The van der Waals surface area contributed by atoms with Crippen LogP contribution < -0.4 is 0 Å². The zero-order chi connectivity index (χ0) is 18.4. The lowest BCUT2D eigenvalue weighted by molar-refractivity contribution is -0.145. The third kappa shape index (κ3) is 4.82. The van der Waals surface area contributed by atoms with Crippen LogP contribution in [-0.2, 0) is 24.1 Å². The quantitative estimate of drug-likeness (QED) is 0.713. The van der Waals surface area contributed by atoms with Crippen LogP contribution in [0, 0.1) is 5.92 Å². The molecule has 0 bridgehead atoms. The summed E-state index contributed by atoms with van der Waals surface area (Å²) in [6, 6.07) is -0.591. The van der Waals surface area contributed by atoms with E-state index in [1.165, 1.54) is 24.2 Å². The molecule has 1 saturated heterocycles. The molecule has 8 heteroatoms. The summed E-state index contributed by atoms with van der Waals surface area (Å²) >= 11 is 0. The molecule has 0 amide bonds. The van der Waals surface area contributed by atoms with Crippen molar-refractivity contribution in [1.82, 2.24) is 9.78 Å². The number of esters is 1. The molecule has 142 valence electrons. The average Bonchev–Trinajstić information content (AvgIpc) is 3.40. The molecular formula is C17H28N2O5S. The van der Waals surface area contributed by atoms with Crippen LogP contribution in [0.3, 0.4) is 0 Å². The summed E-state index contributed by atoms with van der Waals surface area (Å²) in [5.41, 5.74) is 0. The first kappa shape index (κ1) is 19.9. The van der Waals surface area contributed by atoms with Crippen LogP contribution in [0.5, 0.6) is 0 Å². The van der Waals surface area contributed by atoms with Crippen LogP contribution in [-0.4, -0.2) is 49.7 Å². The second-order valence-electron chi connectivity index (χ2n) is 6.23. The highest BCUT2D eigenvalue weighted by atomic mass is 32.2. The van der Waals surface area contributed by atoms with E-state index in [9.17, 15) is 13.2 Å². The number of hydrogen-bond acceptors (Lipinski definition) is 6. The Labute approximate surface area is 149 Å². The van der Waals surface area contributed by atoms with E-state index in [2.05, 4.69) is 5.10 Å². The lowest BCUT2D eigenvalue weighted by Crippen LogP contribution is -2.26. The topological polar surface area (TPSA) is 87.5 Å². The minimum Gasteiger partial charge on any atom is -0.467 e. The van der Waals surface area contributed by atoms with Crippen molar-refractivity contribution in [1.29, 1.82) is 0 Å². The Hall–Kier alpha value is -1.41. The van der Waals surface area contributed by atoms with Gasteiger partial charge in [-0.3, -0.25) is 4.68 Å². The largest absolute Gasteiger partial charge is 0.467 e. The predicted molar refractivity (Wildman–Crippen MR) is 93.0 cm³/mol. The number of carbonyl (C=O) groups is 1. The summed E-state index contributed by atoms with van der Waals surface area (Å²) in [6.45, 7) is 5.39. The summed E-state index contributed by atoms with van der Waals surface area (Å²) in [5.74, 6) is -0.0458. The number of sulfone groups is 1. The Morgan fingerprint density at radius 3 is 2.52 bits per heavy atom. The minimum atomic E-state index is -3.30. The first-order valence-corrected chi connectivity index (χ1v) is 10.5. The van der Waals surface area contributed by atoms with Gasteiger partial charge in [-0.05, 0) is 38.0 Å². The maximum Gasteiger partial charge on any atom is 0.330 e. The van der Waals surface area contributed by atoms with Crippen LogP contribution in [0.2, 0.25) is 0 Å². The Bertz CT molecular complexity index is 660. The number of rotatable bonds is 6. The van der Waals surface area contributed by atoms with Gasteiger partial charge in [0.25, 0.3) is 0 Å². The van der Waals surface area contributed by atoms with Gasteiger partial charge >= 0.3 is 5.97 Å². The maximum absolute atomic E-state index is 12.3. The molecule has 25 heavy (non-hydrogen) atoms. The van der Waals surface area contributed by atoms with Gasteiger partial charge < -0.3 is 9.47 Å². The predicted octanol–water partition coefficient (Wildman–Crippen LogP) is 2.38. The molecule has 2 fully saturated rings. The zero-order valence-corrected chi connectivity index (χ0v) is 16.0. The van der Waals surface area contributed by atoms with Gasteiger partial charge in [0, 0.05) is 19.4 Å². The number of nitrogens with zero attached hydrogens (tertiary/aromatic N) is 2. The normalized spacial score (nSPS) is 19.6. The fourth-order valence-corrected chi connectivity index (χ4v) is 4.55. The third-order valence-corrected chi connectivity index (χ3v) is 6.78. The molecule has 0 aromatic carbocycles. The van der Waals surface area contributed by atoms with Gasteiger partial charge in [-0.15, -0.1) is 0 Å². The maximum atomic E-state index is 12.3. The lowest BCUT2D eigenvalue weighted by atomic mass is 9.92. The molecule has 1 aliphatic carbocycles. The van der Waals surface area contributed by atoms with Gasteiger partial charge in [0.05, 0.1) is 18.6 Å². The summed E-state index contributed by atoms with van der Waals surface area (Å²) in [6.07, 6.45) is 6.58. The van der Waals surface area contributed by atoms with Crippen molar-refractivity contribution >= 4 is 15.8 Å². The molecule has 0 spiro atoms. The Morgan fingerprint density at radius 2 is 1.96 bits per heavy atom. The molecule has 1 unspecified atom stereocenters. The van der Waals surface area contributed by atoms with Crippen LogP contribution in [0.1, 0.15) is 52.0 Å². The molecule has 2 aliphatic rings. The fourth-order valence-electron chi connectivity index (χ4n) is 2.95. The highest BCUT2D eigenvalue weighted by Gasteiger charge is 2.38.